The highest BCUT2D eigenvalue weighted by atomic mass is 16.4. The predicted octanol–water partition coefficient (Wildman–Crippen LogP) is 7.27. The van der Waals surface area contributed by atoms with Crippen LogP contribution in [0.3, 0.4) is 0 Å². The lowest BCUT2D eigenvalue weighted by atomic mass is 9.44. The summed E-state index contributed by atoms with van der Waals surface area (Å²) in [5, 5.41) is 22.0. The van der Waals surface area contributed by atoms with Crippen molar-refractivity contribution in [3.8, 4) is 5.75 Å². The number of hydrogen-bond acceptors (Lipinski definition) is 6. The van der Waals surface area contributed by atoms with Gasteiger partial charge < -0.3 is 10.2 Å². The zero-order valence-corrected chi connectivity index (χ0v) is 28.4. The topological polar surface area (TPSA) is 129 Å². The minimum atomic E-state index is -1.41. The van der Waals surface area contributed by atoms with Gasteiger partial charge in [-0.2, -0.15) is 0 Å². The summed E-state index contributed by atoms with van der Waals surface area (Å²) in [6.45, 7) is 0. The van der Waals surface area contributed by atoms with Crippen LogP contribution in [-0.2, 0) is 24.6 Å². The quantitative estimate of drug-likeness (QED) is 0.146. The maximum Gasteiger partial charge on any atom is 0.335 e. The average Bonchev–Trinajstić information content (AvgIpc) is 3.45. The van der Waals surface area contributed by atoms with Gasteiger partial charge in [-0.15, -0.1) is 0 Å². The molecule has 3 aliphatic carbocycles. The Morgan fingerprint density at radius 2 is 1.43 bits per heavy atom. The predicted molar refractivity (Wildman–Crippen MR) is 198 cm³/mol. The van der Waals surface area contributed by atoms with Crippen molar-refractivity contribution in [2.45, 2.75) is 24.2 Å². The molecule has 9 rings (SSSR count). The number of fused-ring (bicyclic) bond motifs is 5. The number of nitrogens with zero attached hydrogens (tertiary/aromatic N) is 1. The Hall–Kier alpha value is -6.41. The number of Topliss-reactive ketones (excluding diaryl/α,β-unsaturated/α-hetero) is 1. The fraction of sp³-hybridized carbons (Fsp3) is 0.178. The highest BCUT2D eigenvalue weighted by molar-refractivity contribution is 6.32. The number of carbonyl (C=O) groups is 5. The highest BCUT2D eigenvalue weighted by Crippen LogP contribution is 2.64. The molecule has 0 unspecified atom stereocenters. The zero-order valence-electron chi connectivity index (χ0n) is 28.4. The number of hydrogen-bond donors (Lipinski definition) is 2. The number of benzene rings is 5. The van der Waals surface area contributed by atoms with Crippen molar-refractivity contribution in [1.29, 1.82) is 0 Å². The molecule has 8 nitrogen and oxygen atoms in total. The third-order valence-electron chi connectivity index (χ3n) is 12.0. The normalized spacial score (nSPS) is 26.4. The SMILES string of the molecule is O=C(O)c1cccc(N2C(=O)[C@H]3[C@H](CC=C4[C@H]3C[C@H]3C(=O)C(c5ccccc5)=CC(=O)[C@@]3(c3ccccc3)[C@H]4c3ccc(O)c4ccccc34)C2=O)c1. The Labute approximate surface area is 304 Å². The lowest BCUT2D eigenvalue weighted by molar-refractivity contribution is -0.134. The second-order valence-electron chi connectivity index (χ2n) is 14.4. The first-order valence-corrected chi connectivity index (χ1v) is 17.7. The van der Waals surface area contributed by atoms with Gasteiger partial charge in [0, 0.05) is 22.8 Å². The van der Waals surface area contributed by atoms with Crippen molar-refractivity contribution >= 4 is 51.4 Å². The number of carbonyl (C=O) groups excluding carboxylic acids is 4. The van der Waals surface area contributed by atoms with Crippen LogP contribution in [0.4, 0.5) is 5.69 Å². The van der Waals surface area contributed by atoms with E-state index < -0.39 is 52.8 Å². The van der Waals surface area contributed by atoms with Crippen molar-refractivity contribution in [1.82, 2.24) is 0 Å². The molecule has 260 valence electrons. The highest BCUT2D eigenvalue weighted by Gasteiger charge is 2.66. The number of aromatic carboxylic acids is 1. The molecule has 1 heterocycles. The number of allylic oxidation sites excluding steroid dienone is 4. The number of anilines is 1. The Morgan fingerprint density at radius 1 is 0.736 bits per heavy atom. The number of imide groups is 1. The van der Waals surface area contributed by atoms with E-state index in [1.54, 1.807) is 12.1 Å². The number of phenols is 1. The summed E-state index contributed by atoms with van der Waals surface area (Å²) < 4.78 is 0. The van der Waals surface area contributed by atoms with E-state index in [1.165, 1.54) is 24.3 Å². The van der Waals surface area contributed by atoms with Crippen molar-refractivity contribution < 1.29 is 34.2 Å². The summed E-state index contributed by atoms with van der Waals surface area (Å²) in [4.78, 5) is 72.3. The van der Waals surface area contributed by atoms with Gasteiger partial charge in [0.2, 0.25) is 11.8 Å². The van der Waals surface area contributed by atoms with E-state index in [-0.39, 0.29) is 41.4 Å². The molecule has 0 aromatic heterocycles. The van der Waals surface area contributed by atoms with E-state index in [9.17, 15) is 24.6 Å². The molecule has 5 aromatic carbocycles. The Morgan fingerprint density at radius 3 is 2.17 bits per heavy atom. The molecule has 5 aromatic rings. The fourth-order valence-corrected chi connectivity index (χ4v) is 9.81. The summed E-state index contributed by atoms with van der Waals surface area (Å²) in [5.74, 6) is -6.22. The second kappa shape index (κ2) is 12.1. The molecule has 6 atom stereocenters. The molecule has 1 saturated heterocycles. The molecular weight excluding hydrogens is 666 g/mol. The van der Waals surface area contributed by atoms with E-state index in [0.29, 0.717) is 27.5 Å². The fourth-order valence-electron chi connectivity index (χ4n) is 9.81. The Kier molecular flexibility index (Phi) is 7.41. The molecule has 1 saturated carbocycles. The lowest BCUT2D eigenvalue weighted by Gasteiger charge is -2.55. The van der Waals surface area contributed by atoms with Crippen molar-refractivity contribution in [2.75, 3.05) is 4.90 Å². The first-order valence-electron chi connectivity index (χ1n) is 17.7. The molecule has 0 radical (unpaired) electrons. The minimum absolute atomic E-state index is 0.0482. The van der Waals surface area contributed by atoms with Crippen LogP contribution in [0.15, 0.2) is 139 Å². The summed E-state index contributed by atoms with van der Waals surface area (Å²) in [6, 6.07) is 35.1. The van der Waals surface area contributed by atoms with Gasteiger partial charge in [-0.3, -0.25) is 24.1 Å². The maximum absolute atomic E-state index is 15.3. The summed E-state index contributed by atoms with van der Waals surface area (Å²) >= 11 is 0. The van der Waals surface area contributed by atoms with Crippen LogP contribution < -0.4 is 4.90 Å². The largest absolute Gasteiger partial charge is 0.507 e. The van der Waals surface area contributed by atoms with Gasteiger partial charge in [-0.1, -0.05) is 109 Å². The van der Waals surface area contributed by atoms with Crippen LogP contribution in [-0.4, -0.2) is 39.6 Å². The third kappa shape index (κ3) is 4.64. The first-order chi connectivity index (χ1) is 25.7. The molecule has 1 aliphatic heterocycles. The molecule has 0 bridgehead atoms. The third-order valence-corrected chi connectivity index (χ3v) is 12.0. The maximum atomic E-state index is 15.3. The van der Waals surface area contributed by atoms with Crippen molar-refractivity contribution in [2.24, 2.45) is 23.7 Å². The number of carboxylic acids is 1. The monoisotopic (exact) mass is 699 g/mol. The minimum Gasteiger partial charge on any atom is -0.507 e. The average molecular weight is 700 g/mol. The van der Waals surface area contributed by atoms with Crippen LogP contribution in [0.5, 0.6) is 5.75 Å². The van der Waals surface area contributed by atoms with Gasteiger partial charge >= 0.3 is 5.97 Å². The van der Waals surface area contributed by atoms with E-state index in [4.69, 9.17) is 0 Å². The van der Waals surface area contributed by atoms with Crippen LogP contribution in [0.25, 0.3) is 16.3 Å². The number of carboxylic acid groups (broad SMARTS) is 1. The van der Waals surface area contributed by atoms with Crippen LogP contribution in [0.1, 0.15) is 45.8 Å². The van der Waals surface area contributed by atoms with Gasteiger partial charge in [0.1, 0.15) is 5.75 Å². The number of rotatable bonds is 5. The van der Waals surface area contributed by atoms with E-state index in [0.717, 1.165) is 16.0 Å². The van der Waals surface area contributed by atoms with Crippen LogP contribution in [0, 0.1) is 23.7 Å². The molecule has 0 spiro atoms. The van der Waals surface area contributed by atoms with E-state index in [2.05, 4.69) is 0 Å². The number of ketones is 2. The van der Waals surface area contributed by atoms with Gasteiger partial charge in [0.15, 0.2) is 11.6 Å². The van der Waals surface area contributed by atoms with Gasteiger partial charge in [-0.25, -0.2) is 4.79 Å². The summed E-state index contributed by atoms with van der Waals surface area (Å²) in [7, 11) is 0. The van der Waals surface area contributed by atoms with Crippen LogP contribution >= 0.6 is 0 Å². The van der Waals surface area contributed by atoms with Gasteiger partial charge in [-0.05, 0) is 71.2 Å². The second-order valence-corrected chi connectivity index (χ2v) is 14.4. The molecule has 4 aliphatic rings. The standard InChI is InChI=1S/C45H33NO7/c47-37-21-20-31(29-16-7-8-17-30(29)37)40-32-18-19-33-39(43(51)46(42(33)50)28-15-9-12-26(22-28)44(52)53)35(32)23-36-41(49)34(25-10-3-1-4-11-25)24-38(48)45(36,40)27-13-5-2-6-14-27/h1-18,20-22,24,33,35-36,39-40,47H,19,23H2,(H,52,53)/t33-,35+,36-,39-,40-,45-/m0/s1. The number of amides is 2. The van der Waals surface area contributed by atoms with Gasteiger partial charge in [0.25, 0.3) is 0 Å². The molecule has 53 heavy (non-hydrogen) atoms. The van der Waals surface area contributed by atoms with E-state index >= 15 is 9.59 Å². The Balaban J connectivity index is 1.30. The molecule has 2 amide bonds. The molecule has 2 fully saturated rings. The number of phenolic OH excluding ortho intramolecular Hbond substituents is 1. The van der Waals surface area contributed by atoms with Gasteiger partial charge in [0.05, 0.1) is 28.5 Å². The summed E-state index contributed by atoms with van der Waals surface area (Å²) in [6.07, 6.45) is 3.86. The van der Waals surface area contributed by atoms with Crippen molar-refractivity contribution in [3.05, 3.63) is 161 Å². The lowest BCUT2D eigenvalue weighted by Crippen LogP contribution is -2.58. The smallest absolute Gasteiger partial charge is 0.335 e. The summed E-state index contributed by atoms with van der Waals surface area (Å²) in [5.41, 5.74) is 1.88. The van der Waals surface area contributed by atoms with Crippen molar-refractivity contribution in [3.63, 3.8) is 0 Å². The first kappa shape index (κ1) is 32.5. The zero-order chi connectivity index (χ0) is 36.6. The Bertz CT molecular complexity index is 2470. The van der Waals surface area contributed by atoms with E-state index in [1.807, 2.05) is 97.1 Å². The molecular formula is C45H33NO7. The molecule has 2 N–H and O–H groups in total. The van der Waals surface area contributed by atoms with Crippen LogP contribution in [0.2, 0.25) is 0 Å². The number of aromatic hydroxyl groups is 1. The molecule has 8 heteroatoms.